The van der Waals surface area contributed by atoms with Gasteiger partial charge in [0.05, 0.1) is 13.2 Å². The summed E-state index contributed by atoms with van der Waals surface area (Å²) >= 11 is 0. The number of aromatic nitrogens is 1. The maximum Gasteiger partial charge on any atom is 0.379 e. The third-order valence-electron chi connectivity index (χ3n) is 4.45. The van der Waals surface area contributed by atoms with E-state index in [9.17, 15) is 19.2 Å². The highest BCUT2D eigenvalue weighted by Crippen LogP contribution is 2.30. The summed E-state index contributed by atoms with van der Waals surface area (Å²) in [6.07, 6.45) is 0. The number of ketones is 2. The van der Waals surface area contributed by atoms with Gasteiger partial charge in [-0.15, -0.1) is 0 Å². The molecule has 7 heteroatoms. The molecule has 1 aromatic heterocycles. The highest BCUT2D eigenvalue weighted by molar-refractivity contribution is 6.42. The molecule has 0 atom stereocenters. The average Bonchev–Trinajstić information content (AvgIpc) is 2.98. The van der Waals surface area contributed by atoms with Gasteiger partial charge >= 0.3 is 11.9 Å². The molecule has 3 rings (SSSR count). The lowest BCUT2D eigenvalue weighted by Crippen LogP contribution is -2.17. The van der Waals surface area contributed by atoms with Crippen molar-refractivity contribution in [3.63, 3.8) is 0 Å². The van der Waals surface area contributed by atoms with Crippen LogP contribution in [0.25, 0.3) is 21.8 Å². The zero-order valence-electron chi connectivity index (χ0n) is 15.8. The minimum Gasteiger partial charge on any atom is -0.460 e. The number of rotatable bonds is 6. The molecule has 0 radical (unpaired) electrons. The number of ether oxygens (including phenoxy) is 2. The molecule has 2 aromatic carbocycles. The number of aryl methyl sites for hydroxylation is 1. The fourth-order valence-electron chi connectivity index (χ4n) is 3.13. The Labute approximate surface area is 160 Å². The van der Waals surface area contributed by atoms with E-state index in [1.807, 2.05) is 11.6 Å². The van der Waals surface area contributed by atoms with Crippen LogP contribution in [-0.2, 0) is 26.1 Å². The average molecular weight is 381 g/mol. The van der Waals surface area contributed by atoms with E-state index in [-0.39, 0.29) is 24.3 Å². The van der Waals surface area contributed by atoms with Gasteiger partial charge < -0.3 is 14.0 Å². The maximum atomic E-state index is 12.3. The molecule has 0 spiro atoms. The van der Waals surface area contributed by atoms with Crippen LogP contribution >= 0.6 is 0 Å². The van der Waals surface area contributed by atoms with E-state index in [4.69, 9.17) is 9.47 Å². The van der Waals surface area contributed by atoms with Gasteiger partial charge in [-0.3, -0.25) is 9.59 Å². The van der Waals surface area contributed by atoms with Gasteiger partial charge in [-0.05, 0) is 50.2 Å². The van der Waals surface area contributed by atoms with Gasteiger partial charge in [0.2, 0.25) is 0 Å². The summed E-state index contributed by atoms with van der Waals surface area (Å²) in [6, 6.07) is 9.77. The molecule has 0 N–H and O–H groups in total. The van der Waals surface area contributed by atoms with Crippen LogP contribution in [0.2, 0.25) is 0 Å². The van der Waals surface area contributed by atoms with Gasteiger partial charge in [0.25, 0.3) is 11.6 Å². The van der Waals surface area contributed by atoms with Gasteiger partial charge in [0.15, 0.2) is 0 Å². The van der Waals surface area contributed by atoms with E-state index in [2.05, 4.69) is 0 Å². The molecule has 0 saturated heterocycles. The molecule has 0 aliphatic heterocycles. The summed E-state index contributed by atoms with van der Waals surface area (Å²) in [4.78, 5) is 48.0. The quantitative estimate of drug-likeness (QED) is 0.370. The minimum atomic E-state index is -0.916. The summed E-state index contributed by atoms with van der Waals surface area (Å²) in [7, 11) is 1.85. The second kappa shape index (κ2) is 7.64. The fraction of sp³-hybridized carbons (Fsp3) is 0.238. The van der Waals surface area contributed by atoms with Gasteiger partial charge in [-0.25, -0.2) is 9.59 Å². The molecular weight excluding hydrogens is 362 g/mol. The second-order valence-corrected chi connectivity index (χ2v) is 6.12. The van der Waals surface area contributed by atoms with E-state index < -0.39 is 23.5 Å². The largest absolute Gasteiger partial charge is 0.460 e. The number of hydrogen-bond acceptors (Lipinski definition) is 6. The molecule has 0 aliphatic carbocycles. The normalized spacial score (nSPS) is 10.8. The zero-order valence-corrected chi connectivity index (χ0v) is 15.8. The Morgan fingerprint density at radius 3 is 1.50 bits per heavy atom. The van der Waals surface area contributed by atoms with Gasteiger partial charge in [-0.1, -0.05) is 0 Å². The molecule has 144 valence electrons. The van der Waals surface area contributed by atoms with Crippen molar-refractivity contribution in [3.8, 4) is 0 Å². The summed E-state index contributed by atoms with van der Waals surface area (Å²) in [6.45, 7) is 3.48. The highest BCUT2D eigenvalue weighted by atomic mass is 16.5. The molecule has 3 aromatic rings. The third kappa shape index (κ3) is 3.26. The van der Waals surface area contributed by atoms with Crippen LogP contribution < -0.4 is 0 Å². The molecule has 0 fully saturated rings. The minimum absolute atomic E-state index is 0.112. The first kappa shape index (κ1) is 19.3. The van der Waals surface area contributed by atoms with Crippen molar-refractivity contribution >= 4 is 45.3 Å². The fourth-order valence-corrected chi connectivity index (χ4v) is 3.13. The summed E-state index contributed by atoms with van der Waals surface area (Å²) in [5, 5.41) is 1.37. The number of carbonyl (C=O) groups is 4. The van der Waals surface area contributed by atoms with Crippen molar-refractivity contribution in [3.05, 3.63) is 47.5 Å². The van der Waals surface area contributed by atoms with E-state index in [1.165, 1.54) is 0 Å². The number of carbonyl (C=O) groups excluding carboxylic acids is 4. The van der Waals surface area contributed by atoms with Crippen LogP contribution in [0.15, 0.2) is 36.4 Å². The van der Waals surface area contributed by atoms with Crippen molar-refractivity contribution in [2.45, 2.75) is 13.8 Å². The molecule has 0 unspecified atom stereocenters. The lowest BCUT2D eigenvalue weighted by atomic mass is 10.0. The number of esters is 2. The molecule has 0 bridgehead atoms. The third-order valence-corrected chi connectivity index (χ3v) is 4.45. The molecule has 28 heavy (non-hydrogen) atoms. The zero-order chi connectivity index (χ0) is 20.4. The lowest BCUT2D eigenvalue weighted by Gasteiger charge is -2.02. The predicted molar refractivity (Wildman–Crippen MR) is 102 cm³/mol. The van der Waals surface area contributed by atoms with Crippen molar-refractivity contribution in [1.82, 2.24) is 4.57 Å². The highest BCUT2D eigenvalue weighted by Gasteiger charge is 2.21. The molecule has 7 nitrogen and oxygen atoms in total. The van der Waals surface area contributed by atoms with Gasteiger partial charge in [-0.2, -0.15) is 0 Å². The number of hydrogen-bond donors (Lipinski definition) is 0. The van der Waals surface area contributed by atoms with Crippen LogP contribution in [0, 0.1) is 0 Å². The number of fused-ring (bicyclic) bond motifs is 3. The first-order chi connectivity index (χ1) is 13.4. The Balaban J connectivity index is 2.13. The van der Waals surface area contributed by atoms with E-state index >= 15 is 0 Å². The van der Waals surface area contributed by atoms with Crippen molar-refractivity contribution in [2.24, 2.45) is 7.05 Å². The van der Waals surface area contributed by atoms with Crippen molar-refractivity contribution < 1.29 is 28.7 Å². The Kier molecular flexibility index (Phi) is 5.26. The second-order valence-electron chi connectivity index (χ2n) is 6.12. The SMILES string of the molecule is CCOC(=O)C(=O)c1ccc2c(c1)c1cc(C(=O)C(=O)OCC)ccc1n2C. The maximum absolute atomic E-state index is 12.3. The molecular formula is C21H19NO6. The van der Waals surface area contributed by atoms with Gasteiger partial charge in [0, 0.05) is 40.0 Å². The topological polar surface area (TPSA) is 91.7 Å². The van der Waals surface area contributed by atoms with Crippen LogP contribution in [0.4, 0.5) is 0 Å². The molecule has 0 saturated carbocycles. The van der Waals surface area contributed by atoms with Crippen LogP contribution in [-0.4, -0.2) is 41.3 Å². The van der Waals surface area contributed by atoms with E-state index in [0.29, 0.717) is 10.8 Å². The lowest BCUT2D eigenvalue weighted by molar-refractivity contribution is -0.138. The molecule has 0 aliphatic rings. The standard InChI is InChI=1S/C21H19NO6/c1-4-27-20(25)18(23)12-6-8-16-14(10-12)15-11-13(7-9-17(15)22(16)3)19(24)21(26)28-5-2/h6-11H,4-5H2,1-3H3. The number of Topliss-reactive ketones (excluding diaryl/α,β-unsaturated/α-hetero) is 2. The summed E-state index contributed by atoms with van der Waals surface area (Å²) in [5.41, 5.74) is 2.02. The predicted octanol–water partition coefficient (Wildman–Crippen LogP) is 2.82. The van der Waals surface area contributed by atoms with Gasteiger partial charge in [0.1, 0.15) is 0 Å². The number of benzene rings is 2. The van der Waals surface area contributed by atoms with Crippen molar-refractivity contribution in [1.29, 1.82) is 0 Å². The first-order valence-electron chi connectivity index (χ1n) is 8.84. The molecule has 0 amide bonds. The Bertz CT molecular complexity index is 1040. The van der Waals surface area contributed by atoms with E-state index in [1.54, 1.807) is 50.2 Å². The monoisotopic (exact) mass is 381 g/mol. The van der Waals surface area contributed by atoms with Crippen LogP contribution in [0.1, 0.15) is 34.6 Å². The molecule has 1 heterocycles. The smallest absolute Gasteiger partial charge is 0.379 e. The Hall–Kier alpha value is -3.48. The Morgan fingerprint density at radius 2 is 1.14 bits per heavy atom. The summed E-state index contributed by atoms with van der Waals surface area (Å²) < 4.78 is 11.5. The van der Waals surface area contributed by atoms with Crippen LogP contribution in [0.3, 0.4) is 0 Å². The van der Waals surface area contributed by atoms with E-state index in [0.717, 1.165) is 11.0 Å². The van der Waals surface area contributed by atoms with Crippen LogP contribution in [0.5, 0.6) is 0 Å². The van der Waals surface area contributed by atoms with Crippen molar-refractivity contribution in [2.75, 3.05) is 13.2 Å². The Morgan fingerprint density at radius 1 is 0.750 bits per heavy atom. The summed E-state index contributed by atoms with van der Waals surface area (Å²) in [5.74, 6) is -3.31. The number of nitrogens with zero attached hydrogens (tertiary/aromatic N) is 1. The first-order valence-corrected chi connectivity index (χ1v) is 8.84.